The molecule has 1 fully saturated rings. The first-order valence-corrected chi connectivity index (χ1v) is 7.41. The number of nitrogens with zero attached hydrogens (tertiary/aromatic N) is 2. The zero-order valence-electron chi connectivity index (χ0n) is 12.8. The van der Waals surface area contributed by atoms with E-state index in [2.05, 4.69) is 5.32 Å². The van der Waals surface area contributed by atoms with E-state index in [1.165, 1.54) is 12.1 Å². The lowest BCUT2D eigenvalue weighted by Gasteiger charge is -2.31. The molecule has 0 spiro atoms. The van der Waals surface area contributed by atoms with E-state index in [0.29, 0.717) is 31.5 Å². The molecule has 1 aliphatic rings. The molecular formula is C15H19N3O5. The minimum atomic E-state index is -0.824. The van der Waals surface area contributed by atoms with Crippen LogP contribution >= 0.6 is 0 Å². The molecule has 2 N–H and O–H groups in total. The van der Waals surface area contributed by atoms with Crippen LogP contribution in [0.3, 0.4) is 0 Å². The van der Waals surface area contributed by atoms with E-state index in [1.54, 1.807) is 24.0 Å². The van der Waals surface area contributed by atoms with E-state index in [0.717, 1.165) is 0 Å². The molecule has 1 aromatic carbocycles. The summed E-state index contributed by atoms with van der Waals surface area (Å²) in [6.07, 6.45) is 0.877. The molecule has 1 atom stereocenters. The number of carboxylic acid groups (broad SMARTS) is 1. The Bertz CT molecular complexity index is 611. The zero-order valence-corrected chi connectivity index (χ0v) is 12.8. The normalized spacial score (nSPS) is 16.7. The number of aliphatic carboxylic acids is 1. The van der Waals surface area contributed by atoms with Gasteiger partial charge in [0.05, 0.1) is 16.9 Å². The number of carboxylic acids is 1. The van der Waals surface area contributed by atoms with Crippen molar-refractivity contribution in [2.45, 2.75) is 25.8 Å². The summed E-state index contributed by atoms with van der Waals surface area (Å²) in [5, 5.41) is 22.5. The molecule has 8 heteroatoms. The fourth-order valence-corrected chi connectivity index (χ4v) is 2.60. The summed E-state index contributed by atoms with van der Waals surface area (Å²) in [4.78, 5) is 35.0. The Hall–Kier alpha value is -2.64. The SMILES string of the molecule is CC(NC(=O)N1CCC(C(=O)O)CC1)c1cccc([N+](=O)[O-])c1. The van der Waals surface area contributed by atoms with Gasteiger partial charge in [0.2, 0.25) is 0 Å². The number of likely N-dealkylation sites (tertiary alicyclic amines) is 1. The molecule has 1 aromatic rings. The molecule has 1 unspecified atom stereocenters. The summed E-state index contributed by atoms with van der Waals surface area (Å²) in [6.45, 7) is 2.54. The number of benzene rings is 1. The lowest BCUT2D eigenvalue weighted by molar-refractivity contribution is -0.384. The van der Waals surface area contributed by atoms with Crippen LogP contribution in [0.5, 0.6) is 0 Å². The van der Waals surface area contributed by atoms with E-state index in [1.807, 2.05) is 0 Å². The Morgan fingerprint density at radius 3 is 2.61 bits per heavy atom. The highest BCUT2D eigenvalue weighted by Gasteiger charge is 2.27. The van der Waals surface area contributed by atoms with Crippen molar-refractivity contribution < 1.29 is 19.6 Å². The van der Waals surface area contributed by atoms with Crippen LogP contribution in [0.2, 0.25) is 0 Å². The van der Waals surface area contributed by atoms with Crippen LogP contribution in [0.15, 0.2) is 24.3 Å². The fraction of sp³-hybridized carbons (Fsp3) is 0.467. The predicted molar refractivity (Wildman–Crippen MR) is 82.0 cm³/mol. The van der Waals surface area contributed by atoms with Crippen LogP contribution in [0.25, 0.3) is 0 Å². The summed E-state index contributed by atoms with van der Waals surface area (Å²) in [6, 6.07) is 5.46. The number of rotatable bonds is 4. The number of nitrogens with one attached hydrogen (secondary N) is 1. The smallest absolute Gasteiger partial charge is 0.317 e. The largest absolute Gasteiger partial charge is 0.481 e. The van der Waals surface area contributed by atoms with Gasteiger partial charge in [-0.25, -0.2) is 4.79 Å². The highest BCUT2D eigenvalue weighted by atomic mass is 16.6. The van der Waals surface area contributed by atoms with E-state index in [9.17, 15) is 19.7 Å². The number of carbonyl (C=O) groups is 2. The molecule has 8 nitrogen and oxygen atoms in total. The van der Waals surface area contributed by atoms with Gasteiger partial charge in [0.1, 0.15) is 0 Å². The molecule has 23 heavy (non-hydrogen) atoms. The predicted octanol–water partition coefficient (Wildman–Crippen LogP) is 2.16. The van der Waals surface area contributed by atoms with Crippen molar-refractivity contribution in [3.8, 4) is 0 Å². The molecule has 1 saturated heterocycles. The quantitative estimate of drug-likeness (QED) is 0.652. The van der Waals surface area contributed by atoms with Gasteiger partial charge in [-0.3, -0.25) is 14.9 Å². The van der Waals surface area contributed by atoms with Crippen LogP contribution < -0.4 is 5.32 Å². The average Bonchev–Trinajstić information content (AvgIpc) is 2.54. The summed E-state index contributed by atoms with van der Waals surface area (Å²) in [5.74, 6) is -1.22. The number of nitro benzene ring substituents is 1. The van der Waals surface area contributed by atoms with Gasteiger partial charge in [-0.15, -0.1) is 0 Å². The molecule has 0 aromatic heterocycles. The third-order valence-corrected chi connectivity index (χ3v) is 4.05. The summed E-state index contributed by atoms with van der Waals surface area (Å²) >= 11 is 0. The van der Waals surface area contributed by atoms with E-state index in [-0.39, 0.29) is 17.8 Å². The number of hydrogen-bond acceptors (Lipinski definition) is 4. The number of non-ortho nitro benzene ring substituents is 1. The Morgan fingerprint density at radius 2 is 2.04 bits per heavy atom. The standard InChI is InChI=1S/C15H19N3O5/c1-10(12-3-2-4-13(9-12)18(22)23)16-15(21)17-7-5-11(6-8-17)14(19)20/h2-4,9-11H,5-8H2,1H3,(H,16,21)(H,19,20). The molecule has 1 heterocycles. The first-order chi connectivity index (χ1) is 10.9. The first kappa shape index (κ1) is 16.7. The topological polar surface area (TPSA) is 113 Å². The highest BCUT2D eigenvalue weighted by molar-refractivity contribution is 5.75. The highest BCUT2D eigenvalue weighted by Crippen LogP contribution is 2.21. The van der Waals surface area contributed by atoms with Crippen molar-refractivity contribution >= 4 is 17.7 Å². The van der Waals surface area contributed by atoms with E-state index < -0.39 is 16.8 Å². The maximum atomic E-state index is 12.2. The second kappa shape index (κ2) is 7.08. The second-order valence-corrected chi connectivity index (χ2v) is 5.62. The Balaban J connectivity index is 1.94. The Labute approximate surface area is 133 Å². The molecule has 1 aliphatic heterocycles. The zero-order chi connectivity index (χ0) is 17.0. The van der Waals surface area contributed by atoms with Gasteiger partial charge in [0, 0.05) is 25.2 Å². The van der Waals surface area contributed by atoms with E-state index >= 15 is 0 Å². The van der Waals surface area contributed by atoms with Crippen LogP contribution in [0.4, 0.5) is 10.5 Å². The molecule has 0 bridgehead atoms. The molecule has 124 valence electrons. The average molecular weight is 321 g/mol. The summed E-state index contributed by atoms with van der Waals surface area (Å²) in [7, 11) is 0. The van der Waals surface area contributed by atoms with Crippen LogP contribution in [0, 0.1) is 16.0 Å². The number of amides is 2. The van der Waals surface area contributed by atoms with Gasteiger partial charge in [-0.1, -0.05) is 12.1 Å². The molecule has 0 saturated carbocycles. The summed E-state index contributed by atoms with van der Waals surface area (Å²) < 4.78 is 0. The third kappa shape index (κ3) is 4.18. The van der Waals surface area contributed by atoms with Crippen LogP contribution in [0.1, 0.15) is 31.4 Å². The summed E-state index contributed by atoms with van der Waals surface area (Å²) in [5.41, 5.74) is 0.624. The Kier molecular flexibility index (Phi) is 5.15. The number of piperidine rings is 1. The molecule has 0 aliphatic carbocycles. The van der Waals surface area contributed by atoms with Crippen molar-refractivity contribution in [1.29, 1.82) is 0 Å². The monoisotopic (exact) mass is 321 g/mol. The molecule has 2 rings (SSSR count). The van der Waals surface area contributed by atoms with Crippen molar-refractivity contribution in [3.05, 3.63) is 39.9 Å². The van der Waals surface area contributed by atoms with Crippen LogP contribution in [-0.4, -0.2) is 40.0 Å². The van der Waals surface area contributed by atoms with Crippen LogP contribution in [-0.2, 0) is 4.79 Å². The first-order valence-electron chi connectivity index (χ1n) is 7.41. The number of hydrogen-bond donors (Lipinski definition) is 2. The third-order valence-electron chi connectivity index (χ3n) is 4.05. The van der Waals surface area contributed by atoms with Crippen molar-refractivity contribution in [1.82, 2.24) is 10.2 Å². The minimum absolute atomic E-state index is 0.0223. The van der Waals surface area contributed by atoms with Crippen molar-refractivity contribution in [2.75, 3.05) is 13.1 Å². The van der Waals surface area contributed by atoms with Crippen molar-refractivity contribution in [3.63, 3.8) is 0 Å². The maximum absolute atomic E-state index is 12.2. The van der Waals surface area contributed by atoms with Gasteiger partial charge in [0.15, 0.2) is 0 Å². The fourth-order valence-electron chi connectivity index (χ4n) is 2.60. The van der Waals surface area contributed by atoms with Gasteiger partial charge < -0.3 is 15.3 Å². The lowest BCUT2D eigenvalue weighted by Crippen LogP contribution is -2.46. The molecule has 2 amide bonds. The molecule has 0 radical (unpaired) electrons. The number of urea groups is 1. The van der Waals surface area contributed by atoms with Gasteiger partial charge in [-0.2, -0.15) is 0 Å². The minimum Gasteiger partial charge on any atom is -0.481 e. The van der Waals surface area contributed by atoms with Crippen molar-refractivity contribution in [2.24, 2.45) is 5.92 Å². The van der Waals surface area contributed by atoms with Gasteiger partial charge >= 0.3 is 12.0 Å². The number of nitro groups is 1. The number of carbonyl (C=O) groups excluding carboxylic acids is 1. The lowest BCUT2D eigenvalue weighted by atomic mass is 9.97. The molecular weight excluding hydrogens is 302 g/mol. The van der Waals surface area contributed by atoms with E-state index in [4.69, 9.17) is 5.11 Å². The second-order valence-electron chi connectivity index (χ2n) is 5.62. The Morgan fingerprint density at radius 1 is 1.39 bits per heavy atom. The maximum Gasteiger partial charge on any atom is 0.317 e. The van der Waals surface area contributed by atoms with Gasteiger partial charge in [-0.05, 0) is 25.3 Å². The van der Waals surface area contributed by atoms with Gasteiger partial charge in [0.25, 0.3) is 5.69 Å².